The molecule has 134 valence electrons. The zero-order valence-electron chi connectivity index (χ0n) is 14.3. The summed E-state index contributed by atoms with van der Waals surface area (Å²) in [5.41, 5.74) is -0.202. The molecule has 3 aromatic rings. The van der Waals surface area contributed by atoms with E-state index in [1.54, 1.807) is 20.8 Å². The second-order valence-corrected chi connectivity index (χ2v) is 7.44. The summed E-state index contributed by atoms with van der Waals surface area (Å²) < 4.78 is 20.1. The van der Waals surface area contributed by atoms with E-state index in [1.165, 1.54) is 23.7 Å². The fourth-order valence-corrected chi connectivity index (χ4v) is 3.12. The number of benzene rings is 1. The normalized spacial score (nSPS) is 11.5. The molecule has 0 unspecified atom stereocenters. The van der Waals surface area contributed by atoms with Crippen LogP contribution in [0.2, 0.25) is 0 Å². The summed E-state index contributed by atoms with van der Waals surface area (Å²) in [6.07, 6.45) is 1.13. The Morgan fingerprint density at radius 2 is 2.04 bits per heavy atom. The van der Waals surface area contributed by atoms with Crippen LogP contribution in [0.15, 0.2) is 29.8 Å². The molecule has 0 bridgehead atoms. The Kier molecular flexibility index (Phi) is 4.45. The molecule has 2 heterocycles. The van der Waals surface area contributed by atoms with E-state index in [-0.39, 0.29) is 21.8 Å². The van der Waals surface area contributed by atoms with Crippen molar-refractivity contribution in [3.63, 3.8) is 0 Å². The van der Waals surface area contributed by atoms with Crippen molar-refractivity contribution in [3.8, 4) is 0 Å². The lowest BCUT2D eigenvalue weighted by atomic mass is 10.1. The highest BCUT2D eigenvalue weighted by molar-refractivity contribution is 7.12. The molecule has 6 nitrogen and oxygen atoms in total. The average molecular weight is 374 g/mol. The molecule has 3 rings (SSSR count). The Labute approximate surface area is 152 Å². The summed E-state index contributed by atoms with van der Waals surface area (Å²) in [5, 5.41) is 1.97. The number of aldehydes is 1. The summed E-state index contributed by atoms with van der Waals surface area (Å²) >= 11 is 1.03. The monoisotopic (exact) mass is 374 g/mol. The van der Waals surface area contributed by atoms with Gasteiger partial charge in [-0.25, -0.2) is 14.2 Å². The lowest BCUT2D eigenvalue weighted by Gasteiger charge is -2.19. The predicted molar refractivity (Wildman–Crippen MR) is 94.5 cm³/mol. The smallest absolute Gasteiger partial charge is 0.419 e. The Hall–Kier alpha value is -2.87. The third-order valence-corrected chi connectivity index (χ3v) is 4.30. The van der Waals surface area contributed by atoms with Crippen LogP contribution in [-0.4, -0.2) is 33.3 Å². The SMILES string of the molecule is CC(C)(C)OC(=O)n1cc(C(=O)c2nc(C=O)cs2)c2ccc(F)cc21. The van der Waals surface area contributed by atoms with Crippen LogP contribution in [0.4, 0.5) is 9.18 Å². The van der Waals surface area contributed by atoms with Gasteiger partial charge in [0, 0.05) is 17.0 Å². The Balaban J connectivity index is 2.13. The van der Waals surface area contributed by atoms with Gasteiger partial charge in [0.2, 0.25) is 5.78 Å². The molecule has 0 saturated carbocycles. The molecule has 0 N–H and O–H groups in total. The minimum absolute atomic E-state index is 0.111. The van der Waals surface area contributed by atoms with E-state index in [4.69, 9.17) is 4.74 Å². The number of halogens is 1. The minimum Gasteiger partial charge on any atom is -0.443 e. The van der Waals surface area contributed by atoms with Crippen LogP contribution < -0.4 is 0 Å². The van der Waals surface area contributed by atoms with Crippen LogP contribution in [0.3, 0.4) is 0 Å². The fourth-order valence-electron chi connectivity index (χ4n) is 2.40. The third-order valence-electron chi connectivity index (χ3n) is 3.44. The van der Waals surface area contributed by atoms with Gasteiger partial charge < -0.3 is 4.74 Å². The molecule has 0 radical (unpaired) electrons. The van der Waals surface area contributed by atoms with Gasteiger partial charge in [-0.15, -0.1) is 11.3 Å². The number of aromatic nitrogens is 2. The molecular formula is C18H15FN2O4S. The van der Waals surface area contributed by atoms with Crippen molar-refractivity contribution >= 4 is 40.4 Å². The number of carbonyl (C=O) groups excluding carboxylic acids is 3. The fraction of sp³-hybridized carbons (Fsp3) is 0.222. The maximum Gasteiger partial charge on any atom is 0.419 e. The van der Waals surface area contributed by atoms with Crippen LogP contribution in [0, 0.1) is 5.82 Å². The van der Waals surface area contributed by atoms with Gasteiger partial charge in [-0.05, 0) is 39.0 Å². The van der Waals surface area contributed by atoms with E-state index >= 15 is 0 Å². The molecule has 0 saturated heterocycles. The molecule has 0 aliphatic carbocycles. The van der Waals surface area contributed by atoms with Gasteiger partial charge in [0.05, 0.1) is 11.1 Å². The maximum absolute atomic E-state index is 13.7. The summed E-state index contributed by atoms with van der Waals surface area (Å²) in [5.74, 6) is -1.00. The molecular weight excluding hydrogens is 359 g/mol. The first-order valence-electron chi connectivity index (χ1n) is 7.69. The van der Waals surface area contributed by atoms with Crippen LogP contribution in [0.1, 0.15) is 46.6 Å². The van der Waals surface area contributed by atoms with Crippen molar-refractivity contribution in [1.29, 1.82) is 0 Å². The molecule has 2 aromatic heterocycles. The van der Waals surface area contributed by atoms with Crippen LogP contribution >= 0.6 is 11.3 Å². The van der Waals surface area contributed by atoms with Crippen molar-refractivity contribution < 1.29 is 23.5 Å². The molecule has 1 aromatic carbocycles. The largest absolute Gasteiger partial charge is 0.443 e. The summed E-state index contributed by atoms with van der Waals surface area (Å²) in [6, 6.07) is 3.79. The molecule has 0 fully saturated rings. The molecule has 26 heavy (non-hydrogen) atoms. The van der Waals surface area contributed by atoms with Crippen molar-refractivity contribution in [2.45, 2.75) is 26.4 Å². The minimum atomic E-state index is -0.751. The highest BCUT2D eigenvalue weighted by atomic mass is 32.1. The first-order chi connectivity index (χ1) is 12.2. The molecule has 0 atom stereocenters. The second kappa shape index (κ2) is 6.45. The Morgan fingerprint density at radius 1 is 1.31 bits per heavy atom. The standard InChI is InChI=1S/C18H15FN2O4S/c1-18(2,3)25-17(24)21-7-13(12-5-4-10(19)6-14(12)21)15(23)16-20-11(8-22)9-26-16/h4-9H,1-3H3. The molecule has 0 amide bonds. The lowest BCUT2D eigenvalue weighted by Crippen LogP contribution is -2.26. The van der Waals surface area contributed by atoms with Crippen LogP contribution in [0.5, 0.6) is 0 Å². The van der Waals surface area contributed by atoms with Gasteiger partial charge in [-0.1, -0.05) is 0 Å². The Bertz CT molecular complexity index is 1030. The van der Waals surface area contributed by atoms with Crippen LogP contribution in [0.25, 0.3) is 10.9 Å². The van der Waals surface area contributed by atoms with Crippen molar-refractivity contribution in [3.05, 3.63) is 51.9 Å². The number of rotatable bonds is 3. The highest BCUT2D eigenvalue weighted by Crippen LogP contribution is 2.27. The number of thiazole rings is 1. The quantitative estimate of drug-likeness (QED) is 0.510. The topological polar surface area (TPSA) is 78.3 Å². The van der Waals surface area contributed by atoms with E-state index in [0.717, 1.165) is 22.0 Å². The van der Waals surface area contributed by atoms with E-state index < -0.39 is 23.3 Å². The third kappa shape index (κ3) is 3.41. The number of ketones is 1. The van der Waals surface area contributed by atoms with Gasteiger partial charge in [-0.2, -0.15) is 0 Å². The first-order valence-corrected chi connectivity index (χ1v) is 8.57. The van der Waals surface area contributed by atoms with E-state index in [0.29, 0.717) is 11.7 Å². The van der Waals surface area contributed by atoms with E-state index in [2.05, 4.69) is 4.98 Å². The summed E-state index contributed by atoms with van der Waals surface area (Å²) in [6.45, 7) is 5.12. The van der Waals surface area contributed by atoms with Crippen molar-refractivity contribution in [2.75, 3.05) is 0 Å². The molecule has 0 aliphatic heterocycles. The zero-order chi connectivity index (χ0) is 19.1. The van der Waals surface area contributed by atoms with Gasteiger partial charge in [-0.3, -0.25) is 14.2 Å². The lowest BCUT2D eigenvalue weighted by molar-refractivity contribution is 0.0544. The van der Waals surface area contributed by atoms with Gasteiger partial charge in [0.25, 0.3) is 0 Å². The average Bonchev–Trinajstić information content (AvgIpc) is 3.17. The van der Waals surface area contributed by atoms with E-state index in [1.807, 2.05) is 0 Å². The van der Waals surface area contributed by atoms with Crippen molar-refractivity contribution in [2.24, 2.45) is 0 Å². The summed E-state index contributed by atoms with van der Waals surface area (Å²) in [4.78, 5) is 39.9. The van der Waals surface area contributed by atoms with E-state index in [9.17, 15) is 18.8 Å². The number of fused-ring (bicyclic) bond motifs is 1. The van der Waals surface area contributed by atoms with Crippen LogP contribution in [-0.2, 0) is 4.74 Å². The first kappa shape index (κ1) is 17.9. The maximum atomic E-state index is 13.7. The number of hydrogen-bond donors (Lipinski definition) is 0. The number of ether oxygens (including phenoxy) is 1. The molecule has 8 heteroatoms. The van der Waals surface area contributed by atoms with Gasteiger partial charge >= 0.3 is 6.09 Å². The van der Waals surface area contributed by atoms with Gasteiger partial charge in [0.1, 0.15) is 17.1 Å². The second-order valence-electron chi connectivity index (χ2n) is 6.58. The zero-order valence-corrected chi connectivity index (χ0v) is 15.1. The van der Waals surface area contributed by atoms with Crippen molar-refractivity contribution in [1.82, 2.24) is 9.55 Å². The number of hydrogen-bond acceptors (Lipinski definition) is 6. The highest BCUT2D eigenvalue weighted by Gasteiger charge is 2.25. The number of carbonyl (C=O) groups is 3. The molecule has 0 spiro atoms. The van der Waals surface area contributed by atoms with Gasteiger partial charge in [0.15, 0.2) is 11.3 Å². The predicted octanol–water partition coefficient (Wildman–Crippen LogP) is 4.06. The number of nitrogens with zero attached hydrogens (tertiary/aromatic N) is 2. The summed E-state index contributed by atoms with van der Waals surface area (Å²) in [7, 11) is 0. The Morgan fingerprint density at radius 3 is 2.65 bits per heavy atom. The molecule has 0 aliphatic rings.